The van der Waals surface area contributed by atoms with Crippen LogP contribution in [0.3, 0.4) is 0 Å². The van der Waals surface area contributed by atoms with Crippen LogP contribution in [0.5, 0.6) is 5.75 Å². The molecule has 2 N–H and O–H groups in total. The van der Waals surface area contributed by atoms with Gasteiger partial charge in [0.2, 0.25) is 0 Å². The number of aryl methyl sites for hydroxylation is 2. The first-order valence-electron chi connectivity index (χ1n) is 8.97. The predicted octanol–water partition coefficient (Wildman–Crippen LogP) is 4.51. The molecule has 3 aromatic carbocycles. The fourth-order valence-electron chi connectivity index (χ4n) is 4.55. The molecule has 0 amide bonds. The molecule has 3 nitrogen and oxygen atoms in total. The Kier molecular flexibility index (Phi) is 3.49. The minimum Gasteiger partial charge on any atom is -0.507 e. The fraction of sp³-hybridized carbons (Fsp3) is 0.304. The van der Waals surface area contributed by atoms with E-state index < -0.39 is 5.72 Å². The number of rotatable bonds is 1. The number of hydrogen-bond acceptors (Lipinski definition) is 3. The lowest BCUT2D eigenvalue weighted by Gasteiger charge is -2.33. The summed E-state index contributed by atoms with van der Waals surface area (Å²) in [6.45, 7) is 8.41. The van der Waals surface area contributed by atoms with Gasteiger partial charge in [0, 0.05) is 16.5 Å². The van der Waals surface area contributed by atoms with E-state index in [9.17, 15) is 10.2 Å². The zero-order valence-electron chi connectivity index (χ0n) is 16.2. The first kappa shape index (κ1) is 17.1. The van der Waals surface area contributed by atoms with Crippen LogP contribution in [-0.2, 0) is 5.72 Å². The quantitative estimate of drug-likeness (QED) is 0.636. The SMILES string of the molecule is Cc1c(C)c(C)c2c3c(cc(O)c2c1C)C(O)(N(C)C)c1ccccc1-3. The van der Waals surface area contributed by atoms with Gasteiger partial charge >= 0.3 is 0 Å². The summed E-state index contributed by atoms with van der Waals surface area (Å²) in [5.41, 5.74) is 7.13. The molecule has 1 unspecified atom stereocenters. The maximum atomic E-state index is 11.7. The zero-order valence-corrected chi connectivity index (χ0v) is 16.2. The van der Waals surface area contributed by atoms with Gasteiger partial charge in [-0.2, -0.15) is 0 Å². The summed E-state index contributed by atoms with van der Waals surface area (Å²) in [7, 11) is 3.73. The zero-order chi connectivity index (χ0) is 19.0. The standard InChI is InChI=1S/C23H25NO2/c1-12-13(2)15(4)21-20(14(12)3)19(25)11-18-22(21)16-9-7-8-10-17(16)23(18,26)24(5)6/h7-11,25-26H,1-6H3. The number of nitrogens with zero attached hydrogens (tertiary/aromatic N) is 1. The lowest BCUT2D eigenvalue weighted by atomic mass is 9.86. The Hall–Kier alpha value is -2.36. The van der Waals surface area contributed by atoms with Crippen molar-refractivity contribution in [1.82, 2.24) is 4.90 Å². The maximum Gasteiger partial charge on any atom is 0.171 e. The Labute approximate surface area is 154 Å². The summed E-state index contributed by atoms with van der Waals surface area (Å²) in [4.78, 5) is 1.81. The first-order valence-corrected chi connectivity index (χ1v) is 8.97. The highest BCUT2D eigenvalue weighted by molar-refractivity contribution is 6.08. The van der Waals surface area contributed by atoms with Crippen molar-refractivity contribution in [2.24, 2.45) is 0 Å². The molecule has 0 heterocycles. The summed E-state index contributed by atoms with van der Waals surface area (Å²) in [5.74, 6) is 0.232. The van der Waals surface area contributed by atoms with Gasteiger partial charge in [-0.05, 0) is 86.6 Å². The molecule has 0 saturated heterocycles. The molecule has 3 heteroatoms. The van der Waals surface area contributed by atoms with Crippen molar-refractivity contribution >= 4 is 10.8 Å². The molecule has 0 spiro atoms. The predicted molar refractivity (Wildman–Crippen MR) is 107 cm³/mol. The van der Waals surface area contributed by atoms with E-state index >= 15 is 0 Å². The number of aromatic hydroxyl groups is 1. The van der Waals surface area contributed by atoms with E-state index in [1.807, 2.05) is 37.2 Å². The number of benzene rings is 3. The number of hydrogen-bond donors (Lipinski definition) is 2. The summed E-state index contributed by atoms with van der Waals surface area (Å²) in [6.07, 6.45) is 0. The minimum absolute atomic E-state index is 0.232. The molecular formula is C23H25NO2. The normalized spacial score (nSPS) is 18.5. The van der Waals surface area contributed by atoms with Crippen LogP contribution < -0.4 is 0 Å². The van der Waals surface area contributed by atoms with Crippen LogP contribution in [0.25, 0.3) is 21.9 Å². The summed E-state index contributed by atoms with van der Waals surface area (Å²) < 4.78 is 0. The van der Waals surface area contributed by atoms with Gasteiger partial charge in [-0.25, -0.2) is 0 Å². The largest absolute Gasteiger partial charge is 0.507 e. The Morgan fingerprint density at radius 2 is 1.38 bits per heavy atom. The summed E-state index contributed by atoms with van der Waals surface area (Å²) >= 11 is 0. The topological polar surface area (TPSA) is 43.7 Å². The van der Waals surface area contributed by atoms with E-state index in [0.717, 1.165) is 44.2 Å². The van der Waals surface area contributed by atoms with Gasteiger partial charge in [-0.15, -0.1) is 0 Å². The van der Waals surface area contributed by atoms with Crippen LogP contribution in [0, 0.1) is 27.7 Å². The van der Waals surface area contributed by atoms with Crippen LogP contribution >= 0.6 is 0 Å². The number of aliphatic hydroxyl groups is 1. The third kappa shape index (κ3) is 1.85. The maximum absolute atomic E-state index is 11.7. The first-order chi connectivity index (χ1) is 12.2. The third-order valence-corrected chi connectivity index (χ3v) is 6.34. The van der Waals surface area contributed by atoms with Gasteiger partial charge in [-0.3, -0.25) is 4.90 Å². The molecule has 1 aliphatic carbocycles. The molecular weight excluding hydrogens is 322 g/mol. The van der Waals surface area contributed by atoms with Gasteiger partial charge in [0.05, 0.1) is 0 Å². The number of phenols is 1. The molecule has 0 aromatic heterocycles. The number of fused-ring (bicyclic) bond motifs is 5. The van der Waals surface area contributed by atoms with Crippen LogP contribution in [-0.4, -0.2) is 29.2 Å². The molecule has 1 aliphatic rings. The van der Waals surface area contributed by atoms with E-state index in [0.29, 0.717) is 0 Å². The van der Waals surface area contributed by atoms with Crippen molar-refractivity contribution in [3.63, 3.8) is 0 Å². The molecule has 0 saturated carbocycles. The summed E-state index contributed by atoms with van der Waals surface area (Å²) in [5, 5.41) is 24.5. The van der Waals surface area contributed by atoms with Crippen molar-refractivity contribution in [2.45, 2.75) is 33.4 Å². The number of phenolic OH excluding ortho intramolecular Hbond substituents is 1. The van der Waals surface area contributed by atoms with Gasteiger partial charge in [0.15, 0.2) is 5.72 Å². The molecule has 1 atom stereocenters. The molecule has 0 aliphatic heterocycles. The molecule has 0 bridgehead atoms. The monoisotopic (exact) mass is 347 g/mol. The molecule has 0 radical (unpaired) electrons. The van der Waals surface area contributed by atoms with Crippen molar-refractivity contribution < 1.29 is 10.2 Å². The van der Waals surface area contributed by atoms with Crippen LogP contribution in [0.4, 0.5) is 0 Å². The second-order valence-corrected chi connectivity index (χ2v) is 7.68. The second kappa shape index (κ2) is 5.32. The van der Waals surface area contributed by atoms with Crippen molar-refractivity contribution in [1.29, 1.82) is 0 Å². The second-order valence-electron chi connectivity index (χ2n) is 7.68. The summed E-state index contributed by atoms with van der Waals surface area (Å²) in [6, 6.07) is 9.75. The van der Waals surface area contributed by atoms with Crippen molar-refractivity contribution in [3.8, 4) is 16.9 Å². The smallest absolute Gasteiger partial charge is 0.171 e. The van der Waals surface area contributed by atoms with E-state index in [1.54, 1.807) is 6.07 Å². The van der Waals surface area contributed by atoms with Gasteiger partial charge in [0.25, 0.3) is 0 Å². The highest BCUT2D eigenvalue weighted by Crippen LogP contribution is 2.54. The Morgan fingerprint density at radius 3 is 2.00 bits per heavy atom. The Morgan fingerprint density at radius 1 is 0.808 bits per heavy atom. The van der Waals surface area contributed by atoms with E-state index in [4.69, 9.17) is 0 Å². The molecule has 134 valence electrons. The third-order valence-electron chi connectivity index (χ3n) is 6.34. The van der Waals surface area contributed by atoms with E-state index in [-0.39, 0.29) is 5.75 Å². The highest BCUT2D eigenvalue weighted by atomic mass is 16.3. The van der Waals surface area contributed by atoms with Crippen molar-refractivity contribution in [2.75, 3.05) is 14.1 Å². The average Bonchev–Trinajstić information content (AvgIpc) is 2.87. The van der Waals surface area contributed by atoms with E-state index in [2.05, 4.69) is 33.8 Å². The average molecular weight is 347 g/mol. The lowest BCUT2D eigenvalue weighted by Crippen LogP contribution is -2.40. The highest BCUT2D eigenvalue weighted by Gasteiger charge is 2.45. The molecule has 3 aromatic rings. The van der Waals surface area contributed by atoms with Gasteiger partial charge in [0.1, 0.15) is 5.75 Å². The van der Waals surface area contributed by atoms with Crippen LogP contribution in [0.15, 0.2) is 30.3 Å². The molecule has 26 heavy (non-hydrogen) atoms. The van der Waals surface area contributed by atoms with Gasteiger partial charge < -0.3 is 10.2 Å². The minimum atomic E-state index is -1.25. The van der Waals surface area contributed by atoms with E-state index in [1.165, 1.54) is 11.1 Å². The van der Waals surface area contributed by atoms with Gasteiger partial charge in [-0.1, -0.05) is 24.3 Å². The molecule has 0 fully saturated rings. The van der Waals surface area contributed by atoms with Crippen LogP contribution in [0.1, 0.15) is 33.4 Å². The fourth-order valence-corrected chi connectivity index (χ4v) is 4.55. The molecule has 4 rings (SSSR count). The Bertz CT molecular complexity index is 1080. The Balaban J connectivity index is 2.31. The van der Waals surface area contributed by atoms with Crippen molar-refractivity contribution in [3.05, 3.63) is 63.7 Å². The van der Waals surface area contributed by atoms with Crippen LogP contribution in [0.2, 0.25) is 0 Å². The lowest BCUT2D eigenvalue weighted by molar-refractivity contribution is -0.0468.